The zero-order chi connectivity index (χ0) is 18.1. The van der Waals surface area contributed by atoms with E-state index in [9.17, 15) is 4.79 Å². The Hall–Kier alpha value is -3.12. The van der Waals surface area contributed by atoms with Crippen LogP contribution in [0.3, 0.4) is 0 Å². The van der Waals surface area contributed by atoms with E-state index in [1.54, 1.807) is 16.8 Å². The molecule has 0 radical (unpaired) electrons. The van der Waals surface area contributed by atoms with Gasteiger partial charge in [-0.3, -0.25) is 10.1 Å². The van der Waals surface area contributed by atoms with Crippen molar-refractivity contribution in [3.63, 3.8) is 0 Å². The fraction of sp³-hybridized carbons (Fsp3) is 0.105. The van der Waals surface area contributed by atoms with E-state index in [1.807, 2.05) is 42.5 Å². The third-order valence-electron chi connectivity index (χ3n) is 4.17. The Labute approximate surface area is 155 Å². The number of nitrogens with one attached hydrogen (secondary N) is 2. The molecule has 6 nitrogen and oxygen atoms in total. The van der Waals surface area contributed by atoms with E-state index >= 15 is 0 Å². The number of allylic oxidation sites excluding steroid dienone is 1. The van der Waals surface area contributed by atoms with Crippen molar-refractivity contribution in [3.05, 3.63) is 83.0 Å². The van der Waals surface area contributed by atoms with Gasteiger partial charge in [-0.2, -0.15) is 4.98 Å². The van der Waals surface area contributed by atoms with Gasteiger partial charge in [-0.1, -0.05) is 48.5 Å². The number of hydrogen-bond acceptors (Lipinski definition) is 4. The average Bonchev–Trinajstić information content (AvgIpc) is 3.04. The number of nitrogens with zero attached hydrogens (tertiary/aromatic N) is 3. The lowest BCUT2D eigenvalue weighted by atomic mass is 10.0. The van der Waals surface area contributed by atoms with Gasteiger partial charge in [-0.05, 0) is 29.8 Å². The molecule has 0 saturated heterocycles. The van der Waals surface area contributed by atoms with Crippen molar-refractivity contribution in [1.29, 1.82) is 0 Å². The summed E-state index contributed by atoms with van der Waals surface area (Å²) in [4.78, 5) is 16.7. The minimum Gasteiger partial charge on any atom is -0.329 e. The van der Waals surface area contributed by atoms with Crippen LogP contribution in [0, 0.1) is 0 Å². The summed E-state index contributed by atoms with van der Waals surface area (Å²) in [5, 5.41) is 11.0. The van der Waals surface area contributed by atoms with E-state index < -0.39 is 0 Å². The fourth-order valence-electron chi connectivity index (χ4n) is 2.92. The molecule has 7 heteroatoms. The second kappa shape index (κ2) is 6.65. The van der Waals surface area contributed by atoms with Gasteiger partial charge in [0.25, 0.3) is 11.9 Å². The van der Waals surface area contributed by atoms with Crippen LogP contribution in [0.1, 0.15) is 28.4 Å². The van der Waals surface area contributed by atoms with Gasteiger partial charge in [-0.15, -0.1) is 5.10 Å². The SMILES string of the molecule is C=C1C[C@H](c2ccc(Cl)cc2)n2nc(NC(=O)c3ccccc3)nc2N1. The summed E-state index contributed by atoms with van der Waals surface area (Å²) in [6.45, 7) is 4.02. The van der Waals surface area contributed by atoms with Gasteiger partial charge in [0.05, 0.1) is 6.04 Å². The molecule has 2 N–H and O–H groups in total. The van der Waals surface area contributed by atoms with E-state index in [0.29, 0.717) is 23.0 Å². The molecule has 0 unspecified atom stereocenters. The molecular formula is C19H16ClN5O. The number of fused-ring (bicyclic) bond motifs is 1. The summed E-state index contributed by atoms with van der Waals surface area (Å²) in [5.41, 5.74) is 2.43. The zero-order valence-corrected chi connectivity index (χ0v) is 14.6. The predicted octanol–water partition coefficient (Wildman–Crippen LogP) is 4.10. The van der Waals surface area contributed by atoms with Crippen molar-refractivity contribution in [1.82, 2.24) is 14.8 Å². The second-order valence-corrected chi connectivity index (χ2v) is 6.46. The zero-order valence-electron chi connectivity index (χ0n) is 13.8. The highest BCUT2D eigenvalue weighted by atomic mass is 35.5. The first-order valence-corrected chi connectivity index (χ1v) is 8.51. The summed E-state index contributed by atoms with van der Waals surface area (Å²) in [6, 6.07) is 16.5. The summed E-state index contributed by atoms with van der Waals surface area (Å²) in [5.74, 6) is 0.537. The summed E-state index contributed by atoms with van der Waals surface area (Å²) in [7, 11) is 0. The van der Waals surface area contributed by atoms with E-state index in [1.165, 1.54) is 0 Å². The van der Waals surface area contributed by atoms with E-state index in [4.69, 9.17) is 11.6 Å². The molecule has 0 saturated carbocycles. The number of carbonyl (C=O) groups excluding carboxylic acids is 1. The highest BCUT2D eigenvalue weighted by Crippen LogP contribution is 2.33. The molecular weight excluding hydrogens is 350 g/mol. The van der Waals surface area contributed by atoms with E-state index in [0.717, 1.165) is 11.3 Å². The Bertz CT molecular complexity index is 965. The molecule has 4 rings (SSSR count). The molecule has 2 heterocycles. The van der Waals surface area contributed by atoms with E-state index in [2.05, 4.69) is 27.3 Å². The lowest BCUT2D eigenvalue weighted by Crippen LogP contribution is -2.23. The maximum atomic E-state index is 12.3. The third kappa shape index (κ3) is 3.19. The molecule has 2 aromatic carbocycles. The maximum Gasteiger partial charge on any atom is 0.258 e. The minimum absolute atomic E-state index is 0.0640. The molecule has 1 atom stereocenters. The number of benzene rings is 2. The molecule has 1 aliphatic heterocycles. The average molecular weight is 366 g/mol. The lowest BCUT2D eigenvalue weighted by molar-refractivity contribution is 0.102. The number of hydrogen-bond donors (Lipinski definition) is 2. The third-order valence-corrected chi connectivity index (χ3v) is 4.42. The van der Waals surface area contributed by atoms with Crippen LogP contribution in [0.4, 0.5) is 11.9 Å². The molecule has 1 amide bonds. The highest BCUT2D eigenvalue weighted by molar-refractivity contribution is 6.30. The van der Waals surface area contributed by atoms with Crippen molar-refractivity contribution in [2.45, 2.75) is 12.5 Å². The Kier molecular flexibility index (Phi) is 4.18. The van der Waals surface area contributed by atoms with Crippen LogP contribution in [0.25, 0.3) is 0 Å². The van der Waals surface area contributed by atoms with Crippen LogP contribution in [0.2, 0.25) is 5.02 Å². The Morgan fingerprint density at radius 3 is 2.65 bits per heavy atom. The van der Waals surface area contributed by atoms with Crippen LogP contribution in [0.15, 0.2) is 66.9 Å². The Balaban J connectivity index is 1.63. The van der Waals surface area contributed by atoms with Gasteiger partial charge in [0.15, 0.2) is 0 Å². The Morgan fingerprint density at radius 1 is 1.19 bits per heavy atom. The highest BCUT2D eigenvalue weighted by Gasteiger charge is 2.27. The number of carbonyl (C=O) groups is 1. The smallest absolute Gasteiger partial charge is 0.258 e. The van der Waals surface area contributed by atoms with Crippen LogP contribution in [-0.2, 0) is 0 Å². The van der Waals surface area contributed by atoms with E-state index in [-0.39, 0.29) is 17.9 Å². The molecule has 0 bridgehead atoms. The summed E-state index contributed by atoms with van der Waals surface area (Å²) < 4.78 is 1.76. The van der Waals surface area contributed by atoms with Crippen molar-refractivity contribution in [2.24, 2.45) is 0 Å². The number of rotatable bonds is 3. The van der Waals surface area contributed by atoms with Gasteiger partial charge in [0, 0.05) is 22.7 Å². The second-order valence-electron chi connectivity index (χ2n) is 6.02. The van der Waals surface area contributed by atoms with Gasteiger partial charge >= 0.3 is 0 Å². The molecule has 0 fully saturated rings. The molecule has 1 aromatic heterocycles. The number of aromatic nitrogens is 3. The molecule has 26 heavy (non-hydrogen) atoms. The van der Waals surface area contributed by atoms with Crippen LogP contribution < -0.4 is 10.6 Å². The first kappa shape index (κ1) is 16.4. The topological polar surface area (TPSA) is 71.8 Å². The van der Waals surface area contributed by atoms with Crippen molar-refractivity contribution < 1.29 is 4.79 Å². The summed E-state index contributed by atoms with van der Waals surface area (Å²) in [6.07, 6.45) is 0.671. The standard InChI is InChI=1S/C19H16ClN5O/c1-12-11-16(13-7-9-15(20)10-8-13)25-19(21-12)23-18(24-25)22-17(26)14-5-3-2-4-6-14/h2-10,16H,1,11H2,(H2,21,22,23,24,26)/t16-/m1/s1. The summed E-state index contributed by atoms with van der Waals surface area (Å²) >= 11 is 5.99. The predicted molar refractivity (Wildman–Crippen MR) is 101 cm³/mol. The number of halogens is 1. The van der Waals surface area contributed by atoms with Crippen LogP contribution in [0.5, 0.6) is 0 Å². The molecule has 0 spiro atoms. The lowest BCUT2D eigenvalue weighted by Gasteiger charge is -2.26. The van der Waals surface area contributed by atoms with Gasteiger partial charge < -0.3 is 5.32 Å². The van der Waals surface area contributed by atoms with Crippen molar-refractivity contribution in [3.8, 4) is 0 Å². The van der Waals surface area contributed by atoms with Gasteiger partial charge in [-0.25, -0.2) is 4.68 Å². The van der Waals surface area contributed by atoms with Gasteiger partial charge in [0.2, 0.25) is 5.95 Å². The molecule has 1 aliphatic rings. The van der Waals surface area contributed by atoms with Crippen molar-refractivity contribution in [2.75, 3.05) is 10.6 Å². The first-order chi connectivity index (χ1) is 12.6. The quantitative estimate of drug-likeness (QED) is 0.733. The maximum absolute atomic E-state index is 12.3. The minimum atomic E-state index is -0.254. The fourth-order valence-corrected chi connectivity index (χ4v) is 3.04. The Morgan fingerprint density at radius 2 is 1.92 bits per heavy atom. The largest absolute Gasteiger partial charge is 0.329 e. The molecule has 0 aliphatic carbocycles. The van der Waals surface area contributed by atoms with Crippen molar-refractivity contribution >= 4 is 29.4 Å². The first-order valence-electron chi connectivity index (χ1n) is 8.13. The van der Waals surface area contributed by atoms with Crippen LogP contribution >= 0.6 is 11.6 Å². The normalized spacial score (nSPS) is 15.9. The monoisotopic (exact) mass is 365 g/mol. The molecule has 3 aromatic rings. The number of anilines is 2. The van der Waals surface area contributed by atoms with Gasteiger partial charge in [0.1, 0.15) is 0 Å². The van der Waals surface area contributed by atoms with Crippen LogP contribution in [-0.4, -0.2) is 20.7 Å². The number of amides is 1. The molecule has 130 valence electrons.